The second-order valence-corrected chi connectivity index (χ2v) is 7.82. The molecule has 0 aliphatic carbocycles. The van der Waals surface area contributed by atoms with E-state index in [-0.39, 0.29) is 16.9 Å². The van der Waals surface area contributed by atoms with Gasteiger partial charge in [0.2, 0.25) is 5.95 Å². The summed E-state index contributed by atoms with van der Waals surface area (Å²) in [5, 5.41) is 9.44. The summed E-state index contributed by atoms with van der Waals surface area (Å²) in [4.78, 5) is 2.09. The van der Waals surface area contributed by atoms with Gasteiger partial charge in [0.25, 0.3) is 0 Å². The molecule has 1 fully saturated rings. The van der Waals surface area contributed by atoms with Gasteiger partial charge in [-0.05, 0) is 42.8 Å². The quantitative estimate of drug-likeness (QED) is 0.598. The maximum atomic E-state index is 13.9. The Morgan fingerprint density at radius 3 is 2.46 bits per heavy atom. The topological polar surface area (TPSA) is 43.2 Å². The molecule has 1 aromatic heterocycles. The lowest BCUT2D eigenvalue weighted by Gasteiger charge is -2.28. The maximum absolute atomic E-state index is 13.9. The van der Waals surface area contributed by atoms with Crippen LogP contribution in [-0.4, -0.2) is 41.1 Å². The van der Waals surface area contributed by atoms with Crippen molar-refractivity contribution in [1.82, 2.24) is 14.8 Å². The normalized spacial score (nSPS) is 15.6. The van der Waals surface area contributed by atoms with Crippen LogP contribution in [0.4, 0.5) is 14.7 Å². The lowest BCUT2D eigenvalue weighted by atomic mass is 10.2. The molecule has 1 atom stereocenters. The largest absolute Gasteiger partial charge is 0.378 e. The van der Waals surface area contributed by atoms with Crippen molar-refractivity contribution in [1.29, 1.82) is 0 Å². The van der Waals surface area contributed by atoms with Crippen LogP contribution >= 0.6 is 11.8 Å². The molecule has 3 aromatic rings. The van der Waals surface area contributed by atoms with Gasteiger partial charge in [-0.3, -0.25) is 4.57 Å². The van der Waals surface area contributed by atoms with E-state index in [1.807, 2.05) is 17.6 Å². The first-order valence-electron chi connectivity index (χ1n) is 9.08. The molecule has 1 aliphatic rings. The molecule has 1 aliphatic heterocycles. The third-order valence-electron chi connectivity index (χ3n) is 4.60. The van der Waals surface area contributed by atoms with E-state index in [0.717, 1.165) is 5.56 Å². The number of thioether (sulfide) groups is 1. The third-order valence-corrected chi connectivity index (χ3v) is 5.70. The fourth-order valence-electron chi connectivity index (χ4n) is 3.11. The van der Waals surface area contributed by atoms with Gasteiger partial charge in [0.05, 0.1) is 18.9 Å². The highest BCUT2D eigenvalue weighted by molar-refractivity contribution is 7.99. The van der Waals surface area contributed by atoms with Crippen LogP contribution in [0.15, 0.2) is 53.7 Å². The number of benzene rings is 2. The van der Waals surface area contributed by atoms with E-state index in [9.17, 15) is 8.78 Å². The summed E-state index contributed by atoms with van der Waals surface area (Å²) in [5.41, 5.74) is 1.65. The van der Waals surface area contributed by atoms with Crippen LogP contribution in [0.25, 0.3) is 5.69 Å². The van der Waals surface area contributed by atoms with Crippen molar-refractivity contribution in [3.8, 4) is 5.69 Å². The minimum Gasteiger partial charge on any atom is -0.378 e. The zero-order valence-electron chi connectivity index (χ0n) is 15.4. The summed E-state index contributed by atoms with van der Waals surface area (Å²) in [7, 11) is 0. The van der Waals surface area contributed by atoms with Crippen molar-refractivity contribution >= 4 is 17.7 Å². The Bertz CT molecular complexity index is 942. The summed E-state index contributed by atoms with van der Waals surface area (Å²) in [6.45, 7) is 4.66. The lowest BCUT2D eigenvalue weighted by molar-refractivity contribution is 0.122. The average Bonchev–Trinajstić information content (AvgIpc) is 3.12. The van der Waals surface area contributed by atoms with Gasteiger partial charge in [-0.15, -0.1) is 10.2 Å². The van der Waals surface area contributed by atoms with Crippen molar-refractivity contribution in [3.05, 3.63) is 65.7 Å². The van der Waals surface area contributed by atoms with E-state index < -0.39 is 0 Å². The Balaban J connectivity index is 1.70. The van der Waals surface area contributed by atoms with Gasteiger partial charge in [0.1, 0.15) is 11.6 Å². The summed E-state index contributed by atoms with van der Waals surface area (Å²) in [5.74, 6) is 0.0860. The summed E-state index contributed by atoms with van der Waals surface area (Å²) >= 11 is 1.50. The first-order valence-corrected chi connectivity index (χ1v) is 9.96. The Morgan fingerprint density at radius 2 is 1.75 bits per heavy atom. The van der Waals surface area contributed by atoms with Crippen LogP contribution in [-0.2, 0) is 4.74 Å². The summed E-state index contributed by atoms with van der Waals surface area (Å²) in [6, 6.07) is 12.8. The zero-order chi connectivity index (χ0) is 19.5. The van der Waals surface area contributed by atoms with Gasteiger partial charge < -0.3 is 9.64 Å². The molecule has 0 spiro atoms. The number of nitrogens with zero attached hydrogens (tertiary/aromatic N) is 4. The highest BCUT2D eigenvalue weighted by Crippen LogP contribution is 2.37. The third kappa shape index (κ3) is 4.02. The van der Waals surface area contributed by atoms with E-state index in [2.05, 4.69) is 15.1 Å². The first kappa shape index (κ1) is 18.9. The average molecular weight is 402 g/mol. The molecule has 8 heteroatoms. The van der Waals surface area contributed by atoms with E-state index in [4.69, 9.17) is 4.74 Å². The van der Waals surface area contributed by atoms with Crippen molar-refractivity contribution in [3.63, 3.8) is 0 Å². The number of anilines is 1. The van der Waals surface area contributed by atoms with Crippen molar-refractivity contribution in [2.75, 3.05) is 31.2 Å². The van der Waals surface area contributed by atoms with Crippen LogP contribution in [0.1, 0.15) is 17.7 Å². The second kappa shape index (κ2) is 8.28. The molecular weight excluding hydrogens is 382 g/mol. The first-order chi connectivity index (χ1) is 13.6. The molecule has 5 nitrogen and oxygen atoms in total. The Hall–Kier alpha value is -2.45. The van der Waals surface area contributed by atoms with Crippen molar-refractivity contribution < 1.29 is 13.5 Å². The lowest BCUT2D eigenvalue weighted by Crippen LogP contribution is -2.37. The monoisotopic (exact) mass is 402 g/mol. The smallest absolute Gasteiger partial charge is 0.232 e. The summed E-state index contributed by atoms with van der Waals surface area (Å²) in [6.07, 6.45) is 0. The number of aromatic nitrogens is 3. The van der Waals surface area contributed by atoms with E-state index in [1.54, 1.807) is 18.2 Å². The highest BCUT2D eigenvalue weighted by Gasteiger charge is 2.23. The predicted molar refractivity (Wildman–Crippen MR) is 105 cm³/mol. The molecule has 0 saturated carbocycles. The van der Waals surface area contributed by atoms with Crippen LogP contribution in [0.5, 0.6) is 0 Å². The molecule has 2 heterocycles. The predicted octanol–water partition coefficient (Wildman–Crippen LogP) is 4.24. The number of hydrogen-bond donors (Lipinski definition) is 0. The Labute approximate surface area is 166 Å². The Kier molecular flexibility index (Phi) is 5.59. The molecule has 1 saturated heterocycles. The molecular formula is C20H20F2N4OS. The molecule has 2 aromatic carbocycles. The number of morpholine rings is 1. The van der Waals surface area contributed by atoms with Crippen LogP contribution in [0.3, 0.4) is 0 Å². The van der Waals surface area contributed by atoms with Crippen LogP contribution < -0.4 is 4.90 Å². The van der Waals surface area contributed by atoms with Crippen molar-refractivity contribution in [2.45, 2.75) is 17.3 Å². The standard InChI is InChI=1S/C20H20F2N4OS/c1-14(15-5-7-16(21)8-6-15)28-20-24-23-19(25-9-11-27-12-10-25)26(20)18-4-2-3-17(22)13-18/h2-8,13-14H,9-12H2,1H3. The van der Waals surface area contributed by atoms with E-state index in [0.29, 0.717) is 43.1 Å². The minimum absolute atomic E-state index is 0.0228. The van der Waals surface area contributed by atoms with E-state index >= 15 is 0 Å². The van der Waals surface area contributed by atoms with Gasteiger partial charge in [-0.1, -0.05) is 30.0 Å². The fourth-order valence-corrected chi connectivity index (χ4v) is 4.10. The van der Waals surface area contributed by atoms with Crippen LogP contribution in [0.2, 0.25) is 0 Å². The van der Waals surface area contributed by atoms with Gasteiger partial charge >= 0.3 is 0 Å². The van der Waals surface area contributed by atoms with Gasteiger partial charge in [-0.2, -0.15) is 0 Å². The van der Waals surface area contributed by atoms with Crippen LogP contribution in [0, 0.1) is 11.6 Å². The van der Waals surface area contributed by atoms with Crippen molar-refractivity contribution in [2.24, 2.45) is 0 Å². The number of ether oxygens (including phenoxy) is 1. The fraction of sp³-hybridized carbons (Fsp3) is 0.300. The minimum atomic E-state index is -0.318. The molecule has 1 unspecified atom stereocenters. The molecule has 28 heavy (non-hydrogen) atoms. The second-order valence-electron chi connectivity index (χ2n) is 6.51. The molecule has 0 radical (unpaired) electrons. The number of rotatable bonds is 5. The maximum Gasteiger partial charge on any atom is 0.232 e. The summed E-state index contributed by atoms with van der Waals surface area (Å²) < 4.78 is 34.4. The van der Waals surface area contributed by atoms with Gasteiger partial charge in [0, 0.05) is 18.3 Å². The SMILES string of the molecule is CC(Sc1nnc(N2CCOCC2)n1-c1cccc(F)c1)c1ccc(F)cc1. The number of hydrogen-bond acceptors (Lipinski definition) is 5. The molecule has 0 N–H and O–H groups in total. The molecule has 0 amide bonds. The zero-order valence-corrected chi connectivity index (χ0v) is 16.2. The molecule has 146 valence electrons. The molecule has 0 bridgehead atoms. The number of halogens is 2. The van der Waals surface area contributed by atoms with E-state index in [1.165, 1.54) is 36.0 Å². The highest BCUT2D eigenvalue weighted by atomic mass is 32.2. The van der Waals surface area contributed by atoms with Gasteiger partial charge in [0.15, 0.2) is 5.16 Å². The Morgan fingerprint density at radius 1 is 1.00 bits per heavy atom. The molecule has 4 rings (SSSR count). The van der Waals surface area contributed by atoms with Gasteiger partial charge in [-0.25, -0.2) is 8.78 Å².